The molecule has 0 unspecified atom stereocenters. The second-order valence-corrected chi connectivity index (χ2v) is 7.47. The van der Waals surface area contributed by atoms with Gasteiger partial charge in [0.25, 0.3) is 0 Å². The van der Waals surface area contributed by atoms with Crippen LogP contribution >= 0.6 is 0 Å². The number of carbonyl (C=O) groups is 3. The number of rotatable bonds is 3. The van der Waals surface area contributed by atoms with Gasteiger partial charge in [0.05, 0.1) is 12.1 Å². The lowest BCUT2D eigenvalue weighted by molar-refractivity contribution is -0.128. The first kappa shape index (κ1) is 17.0. The molecule has 1 aromatic carbocycles. The summed E-state index contributed by atoms with van der Waals surface area (Å²) in [6.45, 7) is 2.48. The first-order valence-electron chi connectivity index (χ1n) is 9.24. The Kier molecular flexibility index (Phi) is 4.40. The van der Waals surface area contributed by atoms with Gasteiger partial charge in [-0.1, -0.05) is 30.3 Å². The number of hydrogen-bond donors (Lipinski definition) is 2. The van der Waals surface area contributed by atoms with Crippen molar-refractivity contribution in [3.8, 4) is 0 Å². The summed E-state index contributed by atoms with van der Waals surface area (Å²) < 4.78 is 0. The predicted octanol–water partition coefficient (Wildman–Crippen LogP) is 0.677. The van der Waals surface area contributed by atoms with Crippen LogP contribution in [0, 0.1) is 0 Å². The van der Waals surface area contributed by atoms with Crippen LogP contribution in [0.25, 0.3) is 0 Å². The fraction of sp³-hybridized carbons (Fsp3) is 0.526. The Labute approximate surface area is 152 Å². The molecule has 0 bridgehead atoms. The lowest BCUT2D eigenvalue weighted by atomic mass is 9.76. The van der Waals surface area contributed by atoms with Crippen LogP contribution in [0.15, 0.2) is 30.3 Å². The van der Waals surface area contributed by atoms with Crippen LogP contribution in [0.3, 0.4) is 0 Å². The molecule has 4 rings (SSSR count). The molecular weight excluding hydrogens is 332 g/mol. The van der Waals surface area contributed by atoms with E-state index in [2.05, 4.69) is 27.7 Å². The van der Waals surface area contributed by atoms with Gasteiger partial charge in [0.2, 0.25) is 11.8 Å². The number of imide groups is 1. The molecule has 3 heterocycles. The van der Waals surface area contributed by atoms with Crippen molar-refractivity contribution >= 4 is 17.8 Å². The highest BCUT2D eigenvalue weighted by molar-refractivity contribution is 5.96. The number of likely N-dealkylation sites (tertiary alicyclic amines) is 1. The largest absolute Gasteiger partial charge is 0.349 e. The molecule has 7 nitrogen and oxygen atoms in total. The summed E-state index contributed by atoms with van der Waals surface area (Å²) in [6, 6.07) is 9.87. The van der Waals surface area contributed by atoms with E-state index in [1.807, 2.05) is 18.2 Å². The zero-order chi connectivity index (χ0) is 18.1. The van der Waals surface area contributed by atoms with Crippen LogP contribution in [0.4, 0.5) is 4.79 Å². The van der Waals surface area contributed by atoms with Crippen molar-refractivity contribution < 1.29 is 14.4 Å². The lowest BCUT2D eigenvalue weighted by Gasteiger charge is -2.39. The van der Waals surface area contributed by atoms with Gasteiger partial charge in [0.15, 0.2) is 0 Å². The van der Waals surface area contributed by atoms with E-state index in [0.717, 1.165) is 12.8 Å². The lowest BCUT2D eigenvalue weighted by Crippen LogP contribution is -2.56. The van der Waals surface area contributed by atoms with Crippen molar-refractivity contribution in [1.29, 1.82) is 0 Å². The summed E-state index contributed by atoms with van der Waals surface area (Å²) in [4.78, 5) is 39.7. The fourth-order valence-corrected chi connectivity index (χ4v) is 4.57. The second-order valence-electron chi connectivity index (χ2n) is 7.47. The van der Waals surface area contributed by atoms with E-state index in [1.165, 1.54) is 10.5 Å². The summed E-state index contributed by atoms with van der Waals surface area (Å²) in [7, 11) is 0. The van der Waals surface area contributed by atoms with Gasteiger partial charge in [0.1, 0.15) is 0 Å². The third kappa shape index (κ3) is 3.07. The molecule has 1 spiro atoms. The molecule has 2 N–H and O–H groups in total. The summed E-state index contributed by atoms with van der Waals surface area (Å²) in [5.41, 5.74) is 0.855. The van der Waals surface area contributed by atoms with Crippen molar-refractivity contribution in [3.63, 3.8) is 0 Å². The number of nitrogens with one attached hydrogen (secondary N) is 2. The van der Waals surface area contributed by atoms with E-state index in [0.29, 0.717) is 32.6 Å². The maximum atomic E-state index is 12.5. The van der Waals surface area contributed by atoms with E-state index in [-0.39, 0.29) is 35.8 Å². The highest BCUT2D eigenvalue weighted by atomic mass is 16.2. The molecule has 1 aromatic rings. The van der Waals surface area contributed by atoms with Crippen LogP contribution in [0.1, 0.15) is 30.7 Å². The molecule has 4 amide bonds. The highest BCUT2D eigenvalue weighted by Crippen LogP contribution is 2.41. The third-order valence-electron chi connectivity index (χ3n) is 5.75. The molecule has 3 aliphatic heterocycles. The normalized spacial score (nSPS) is 29.1. The Bertz CT molecular complexity index is 723. The Morgan fingerprint density at radius 3 is 2.73 bits per heavy atom. The number of piperidine rings is 1. The van der Waals surface area contributed by atoms with Crippen molar-refractivity contribution in [2.45, 2.75) is 30.7 Å². The first-order valence-corrected chi connectivity index (χ1v) is 9.24. The summed E-state index contributed by atoms with van der Waals surface area (Å²) in [6.07, 6.45) is 2.34. The number of urea groups is 1. The third-order valence-corrected chi connectivity index (χ3v) is 5.75. The number of amides is 4. The molecular formula is C19H24N4O3. The SMILES string of the molecule is O=C1CCC[C@]2(CN(CC(=O)N3CCNC3=O)C[C@H]2c2ccccc2)N1. The topological polar surface area (TPSA) is 81.8 Å². The quantitative estimate of drug-likeness (QED) is 0.834. The van der Waals surface area contributed by atoms with Crippen molar-refractivity contribution in [2.75, 3.05) is 32.7 Å². The molecule has 26 heavy (non-hydrogen) atoms. The number of carbonyl (C=O) groups excluding carboxylic acids is 3. The van der Waals surface area contributed by atoms with Gasteiger partial charge in [-0.25, -0.2) is 4.79 Å². The minimum Gasteiger partial charge on any atom is -0.349 e. The summed E-state index contributed by atoms with van der Waals surface area (Å²) in [5.74, 6) is 0.0587. The summed E-state index contributed by atoms with van der Waals surface area (Å²) in [5, 5.41) is 5.90. The Hall–Kier alpha value is -2.41. The standard InChI is InChI=1S/C19H24N4O3/c24-16-7-4-8-19(21-16)13-22(11-15(19)14-5-2-1-3-6-14)12-17(25)23-10-9-20-18(23)26/h1-3,5-6,15H,4,7-13H2,(H,20,26)(H,21,24)/t15-,19+/m0/s1. The van der Waals surface area contributed by atoms with Gasteiger partial charge in [-0.3, -0.25) is 19.4 Å². The molecule has 2 atom stereocenters. The van der Waals surface area contributed by atoms with E-state index >= 15 is 0 Å². The fourth-order valence-electron chi connectivity index (χ4n) is 4.57. The van der Waals surface area contributed by atoms with E-state index < -0.39 is 0 Å². The molecule has 3 saturated heterocycles. The molecule has 0 saturated carbocycles. The van der Waals surface area contributed by atoms with E-state index in [9.17, 15) is 14.4 Å². The van der Waals surface area contributed by atoms with Crippen LogP contribution in [0.2, 0.25) is 0 Å². The molecule has 3 fully saturated rings. The molecule has 3 aliphatic rings. The summed E-state index contributed by atoms with van der Waals surface area (Å²) >= 11 is 0. The molecule has 138 valence electrons. The molecule has 0 aliphatic carbocycles. The average molecular weight is 356 g/mol. The molecule has 0 aromatic heterocycles. The Balaban J connectivity index is 1.54. The average Bonchev–Trinajstić information content (AvgIpc) is 3.19. The van der Waals surface area contributed by atoms with Gasteiger partial charge in [-0.2, -0.15) is 0 Å². The number of nitrogens with zero attached hydrogens (tertiary/aromatic N) is 2. The van der Waals surface area contributed by atoms with Gasteiger partial charge in [-0.05, 0) is 18.4 Å². The number of benzene rings is 1. The monoisotopic (exact) mass is 356 g/mol. The van der Waals surface area contributed by atoms with Crippen LogP contribution in [-0.4, -0.2) is 65.9 Å². The predicted molar refractivity (Wildman–Crippen MR) is 95.5 cm³/mol. The molecule has 0 radical (unpaired) electrons. The smallest absolute Gasteiger partial charge is 0.324 e. The van der Waals surface area contributed by atoms with Gasteiger partial charge in [-0.15, -0.1) is 0 Å². The Morgan fingerprint density at radius 2 is 2.04 bits per heavy atom. The maximum absolute atomic E-state index is 12.5. The zero-order valence-corrected chi connectivity index (χ0v) is 14.7. The Morgan fingerprint density at radius 1 is 1.23 bits per heavy atom. The molecule has 7 heteroatoms. The number of hydrogen-bond acceptors (Lipinski definition) is 4. The van der Waals surface area contributed by atoms with Crippen LogP contribution in [0.5, 0.6) is 0 Å². The van der Waals surface area contributed by atoms with Crippen LogP contribution < -0.4 is 10.6 Å². The minimum absolute atomic E-state index is 0.0873. The maximum Gasteiger partial charge on any atom is 0.324 e. The van der Waals surface area contributed by atoms with Gasteiger partial charge < -0.3 is 10.6 Å². The van der Waals surface area contributed by atoms with E-state index in [4.69, 9.17) is 0 Å². The zero-order valence-electron chi connectivity index (χ0n) is 14.7. The van der Waals surface area contributed by atoms with Gasteiger partial charge in [0, 0.05) is 38.5 Å². The minimum atomic E-state index is -0.329. The van der Waals surface area contributed by atoms with Crippen molar-refractivity contribution in [3.05, 3.63) is 35.9 Å². The van der Waals surface area contributed by atoms with Crippen molar-refractivity contribution in [1.82, 2.24) is 20.4 Å². The van der Waals surface area contributed by atoms with Crippen molar-refractivity contribution in [2.24, 2.45) is 0 Å². The van der Waals surface area contributed by atoms with Gasteiger partial charge >= 0.3 is 6.03 Å². The first-order chi connectivity index (χ1) is 12.6. The second kappa shape index (κ2) is 6.72. The van der Waals surface area contributed by atoms with E-state index in [1.54, 1.807) is 0 Å². The highest BCUT2D eigenvalue weighted by Gasteiger charge is 2.49. The van der Waals surface area contributed by atoms with Crippen LogP contribution in [-0.2, 0) is 9.59 Å².